The fraction of sp³-hybridized carbons (Fsp3) is 0.238. The van der Waals surface area contributed by atoms with Gasteiger partial charge in [-0.15, -0.1) is 0 Å². The Bertz CT molecular complexity index is 1050. The highest BCUT2D eigenvalue weighted by molar-refractivity contribution is 7.89. The van der Waals surface area contributed by atoms with E-state index in [1.54, 1.807) is 36.4 Å². The molecule has 1 heterocycles. The molecule has 0 saturated carbocycles. The third-order valence-electron chi connectivity index (χ3n) is 4.56. The van der Waals surface area contributed by atoms with Gasteiger partial charge in [0.1, 0.15) is 5.75 Å². The summed E-state index contributed by atoms with van der Waals surface area (Å²) < 4.78 is 32.0. The van der Waals surface area contributed by atoms with Crippen LogP contribution >= 0.6 is 0 Å². The Hall–Kier alpha value is -2.97. The molecule has 7 nitrogen and oxygen atoms in total. The van der Waals surface area contributed by atoms with E-state index < -0.39 is 21.9 Å². The molecule has 1 saturated heterocycles. The second kappa shape index (κ2) is 8.59. The van der Waals surface area contributed by atoms with Crippen molar-refractivity contribution in [3.8, 4) is 5.75 Å². The molecule has 0 atom stereocenters. The summed E-state index contributed by atoms with van der Waals surface area (Å²) in [5, 5.41) is 0. The molecule has 3 rings (SSSR count). The average molecular weight is 414 g/mol. The topological polar surface area (TPSA) is 107 Å². The van der Waals surface area contributed by atoms with E-state index in [0.717, 1.165) is 12.8 Å². The number of carbonyl (C=O) groups excluding carboxylic acids is 2. The van der Waals surface area contributed by atoms with Crippen LogP contribution in [0.4, 0.5) is 0 Å². The van der Waals surface area contributed by atoms with E-state index in [2.05, 4.69) is 0 Å². The number of hydrogen-bond donors (Lipinski definition) is 1. The maximum atomic E-state index is 12.7. The lowest BCUT2D eigenvalue weighted by Crippen LogP contribution is -2.27. The van der Waals surface area contributed by atoms with Gasteiger partial charge in [0.2, 0.25) is 15.9 Å². The van der Waals surface area contributed by atoms with Gasteiger partial charge in [-0.3, -0.25) is 9.59 Å². The van der Waals surface area contributed by atoms with Crippen LogP contribution in [-0.4, -0.2) is 37.7 Å². The van der Waals surface area contributed by atoms with Crippen molar-refractivity contribution in [1.29, 1.82) is 0 Å². The first kappa shape index (κ1) is 20.8. The van der Waals surface area contributed by atoms with Gasteiger partial charge in [-0.2, -0.15) is 4.31 Å². The van der Waals surface area contributed by atoms with Crippen molar-refractivity contribution >= 4 is 27.5 Å². The largest absolute Gasteiger partial charge is 0.427 e. The summed E-state index contributed by atoms with van der Waals surface area (Å²) in [6.07, 6.45) is 2.99. The number of carbonyl (C=O) groups is 2. The van der Waals surface area contributed by atoms with Gasteiger partial charge in [-0.05, 0) is 53.8 Å². The van der Waals surface area contributed by atoms with Crippen LogP contribution in [0.25, 0.3) is 5.57 Å². The van der Waals surface area contributed by atoms with Crippen LogP contribution in [0.3, 0.4) is 0 Å². The summed E-state index contributed by atoms with van der Waals surface area (Å²) >= 11 is 0. The third kappa shape index (κ3) is 4.90. The van der Waals surface area contributed by atoms with Crippen molar-refractivity contribution in [3.05, 3.63) is 65.7 Å². The molecule has 0 aromatic heterocycles. The molecular weight excluding hydrogens is 392 g/mol. The maximum Gasteiger partial charge on any atom is 0.308 e. The van der Waals surface area contributed by atoms with Crippen LogP contribution in [0, 0.1) is 0 Å². The molecule has 29 heavy (non-hydrogen) atoms. The normalized spacial score (nSPS) is 15.3. The summed E-state index contributed by atoms with van der Waals surface area (Å²) in [7, 11) is -3.52. The number of benzene rings is 2. The molecule has 2 N–H and O–H groups in total. The van der Waals surface area contributed by atoms with Crippen molar-refractivity contribution < 1.29 is 22.7 Å². The quantitative estimate of drug-likeness (QED) is 0.443. The molecule has 2 aromatic rings. The van der Waals surface area contributed by atoms with Gasteiger partial charge < -0.3 is 10.5 Å². The van der Waals surface area contributed by atoms with E-state index in [4.69, 9.17) is 10.5 Å². The van der Waals surface area contributed by atoms with E-state index in [1.165, 1.54) is 29.4 Å². The monoisotopic (exact) mass is 414 g/mol. The van der Waals surface area contributed by atoms with Crippen LogP contribution in [0.15, 0.2) is 59.5 Å². The van der Waals surface area contributed by atoms with Crippen LogP contribution in [-0.2, 0) is 19.6 Å². The summed E-state index contributed by atoms with van der Waals surface area (Å²) in [5.41, 5.74) is 7.09. The number of nitrogens with zero attached hydrogens (tertiary/aromatic N) is 1. The zero-order valence-corrected chi connectivity index (χ0v) is 16.8. The minimum atomic E-state index is -3.52. The number of nitrogens with two attached hydrogens (primary N) is 1. The molecule has 1 aliphatic heterocycles. The molecule has 0 spiro atoms. The van der Waals surface area contributed by atoms with Gasteiger partial charge in [-0.25, -0.2) is 8.42 Å². The Balaban J connectivity index is 1.96. The number of sulfonamides is 1. The van der Waals surface area contributed by atoms with Gasteiger partial charge in [0.05, 0.1) is 4.90 Å². The number of ether oxygens (including phenoxy) is 1. The first-order valence-corrected chi connectivity index (χ1v) is 10.6. The Kier molecular flexibility index (Phi) is 6.14. The predicted octanol–water partition coefficient (Wildman–Crippen LogP) is 2.31. The van der Waals surface area contributed by atoms with Gasteiger partial charge in [-0.1, -0.05) is 24.3 Å². The SMILES string of the molecule is CC(=O)Oc1cccc(C(=CC(N)=O)c2ccc(S(=O)(=O)N3CCCC3)cc2)c1. The second-order valence-corrected chi connectivity index (χ2v) is 8.66. The van der Waals surface area contributed by atoms with Gasteiger partial charge in [0.15, 0.2) is 0 Å². The Morgan fingerprint density at radius 3 is 2.28 bits per heavy atom. The number of rotatable bonds is 6. The first-order valence-electron chi connectivity index (χ1n) is 9.18. The Labute approximate surface area is 169 Å². The molecule has 1 aliphatic rings. The molecule has 1 amide bonds. The molecule has 152 valence electrons. The van der Waals surface area contributed by atoms with Crippen LogP contribution in [0.1, 0.15) is 30.9 Å². The Morgan fingerprint density at radius 2 is 1.69 bits per heavy atom. The fourth-order valence-corrected chi connectivity index (χ4v) is 4.77. The number of esters is 1. The van der Waals surface area contributed by atoms with Gasteiger partial charge in [0, 0.05) is 26.1 Å². The van der Waals surface area contributed by atoms with Crippen LogP contribution < -0.4 is 10.5 Å². The van der Waals surface area contributed by atoms with Crippen molar-refractivity contribution in [3.63, 3.8) is 0 Å². The lowest BCUT2D eigenvalue weighted by atomic mass is 9.97. The lowest BCUT2D eigenvalue weighted by molar-refractivity contribution is -0.131. The number of primary amides is 1. The van der Waals surface area contributed by atoms with E-state index in [-0.39, 0.29) is 4.90 Å². The molecule has 0 radical (unpaired) electrons. The minimum Gasteiger partial charge on any atom is -0.427 e. The fourth-order valence-electron chi connectivity index (χ4n) is 3.25. The minimum absolute atomic E-state index is 0.204. The molecular formula is C21H22N2O5S. The Morgan fingerprint density at radius 1 is 1.03 bits per heavy atom. The number of hydrogen-bond acceptors (Lipinski definition) is 5. The number of amides is 1. The van der Waals surface area contributed by atoms with Gasteiger partial charge in [0.25, 0.3) is 0 Å². The molecule has 0 aliphatic carbocycles. The predicted molar refractivity (Wildman–Crippen MR) is 108 cm³/mol. The van der Waals surface area contributed by atoms with Gasteiger partial charge >= 0.3 is 5.97 Å². The second-order valence-electron chi connectivity index (χ2n) is 6.72. The van der Waals surface area contributed by atoms with Crippen LogP contribution in [0.5, 0.6) is 5.75 Å². The molecule has 8 heteroatoms. The summed E-state index contributed by atoms with van der Waals surface area (Å²) in [6, 6.07) is 13.0. The van der Waals surface area contributed by atoms with Crippen molar-refractivity contribution in [2.75, 3.05) is 13.1 Å². The highest BCUT2D eigenvalue weighted by Gasteiger charge is 2.27. The van der Waals surface area contributed by atoms with E-state index in [9.17, 15) is 18.0 Å². The molecule has 2 aromatic carbocycles. The van der Waals surface area contributed by atoms with E-state index >= 15 is 0 Å². The lowest BCUT2D eigenvalue weighted by Gasteiger charge is -2.16. The summed E-state index contributed by atoms with van der Waals surface area (Å²) in [5.74, 6) is -0.774. The maximum absolute atomic E-state index is 12.7. The zero-order valence-electron chi connectivity index (χ0n) is 16.0. The standard InChI is InChI=1S/C21H22N2O5S/c1-15(24)28-18-6-4-5-17(13-18)20(14-21(22)25)16-7-9-19(10-8-16)29(26,27)23-11-2-3-12-23/h4-10,13-14H,2-3,11-12H2,1H3,(H2,22,25). The molecule has 1 fully saturated rings. The van der Waals surface area contributed by atoms with E-state index in [1.807, 2.05) is 0 Å². The molecule has 0 unspecified atom stereocenters. The summed E-state index contributed by atoms with van der Waals surface area (Å²) in [6.45, 7) is 2.35. The average Bonchev–Trinajstić information content (AvgIpc) is 3.21. The first-order chi connectivity index (χ1) is 13.8. The smallest absolute Gasteiger partial charge is 0.308 e. The third-order valence-corrected chi connectivity index (χ3v) is 6.47. The highest BCUT2D eigenvalue weighted by atomic mass is 32.2. The summed E-state index contributed by atoms with van der Waals surface area (Å²) in [4.78, 5) is 23.0. The van der Waals surface area contributed by atoms with Crippen LogP contribution in [0.2, 0.25) is 0 Å². The molecule has 0 bridgehead atoms. The highest BCUT2D eigenvalue weighted by Crippen LogP contribution is 2.28. The van der Waals surface area contributed by atoms with Crippen molar-refractivity contribution in [2.45, 2.75) is 24.7 Å². The zero-order chi connectivity index (χ0) is 21.0. The van der Waals surface area contributed by atoms with Crippen molar-refractivity contribution in [2.24, 2.45) is 5.73 Å². The van der Waals surface area contributed by atoms with Crippen molar-refractivity contribution in [1.82, 2.24) is 4.31 Å². The van der Waals surface area contributed by atoms with E-state index in [0.29, 0.717) is 35.5 Å².